The summed E-state index contributed by atoms with van der Waals surface area (Å²) in [5.41, 5.74) is 4.30. The van der Waals surface area contributed by atoms with Gasteiger partial charge >= 0.3 is 0 Å². The lowest BCUT2D eigenvalue weighted by Gasteiger charge is -2.13. The Morgan fingerprint density at radius 1 is 1.03 bits per heavy atom. The number of aryl methyl sites for hydroxylation is 1. The molecule has 30 heavy (non-hydrogen) atoms. The summed E-state index contributed by atoms with van der Waals surface area (Å²) in [4.78, 5) is 25.7. The van der Waals surface area contributed by atoms with Gasteiger partial charge in [-0.05, 0) is 55.8 Å². The van der Waals surface area contributed by atoms with E-state index in [1.54, 1.807) is 18.3 Å². The molecule has 0 aliphatic heterocycles. The Bertz CT molecular complexity index is 1160. The smallest absolute Gasteiger partial charge is 0.291 e. The molecular formula is C23H21N5O2. The van der Waals surface area contributed by atoms with Gasteiger partial charge in [0, 0.05) is 29.7 Å². The Labute approximate surface area is 174 Å². The fourth-order valence-corrected chi connectivity index (χ4v) is 2.96. The molecule has 0 bridgehead atoms. The van der Waals surface area contributed by atoms with Crippen molar-refractivity contribution in [2.75, 3.05) is 10.6 Å². The predicted molar refractivity (Wildman–Crippen MR) is 115 cm³/mol. The zero-order chi connectivity index (χ0) is 20.9. The Kier molecular flexibility index (Phi) is 5.52. The van der Waals surface area contributed by atoms with Crippen molar-refractivity contribution in [1.29, 1.82) is 0 Å². The van der Waals surface area contributed by atoms with Gasteiger partial charge in [0.25, 0.3) is 5.91 Å². The van der Waals surface area contributed by atoms with E-state index in [1.807, 2.05) is 56.3 Å². The largest absolute Gasteiger partial charge is 0.459 e. The number of hydrogen-bond donors (Lipinski definition) is 2. The molecule has 3 aromatic heterocycles. The molecule has 0 aliphatic carbocycles. The van der Waals surface area contributed by atoms with Crippen LogP contribution < -0.4 is 10.6 Å². The van der Waals surface area contributed by atoms with Crippen LogP contribution in [0.4, 0.5) is 11.5 Å². The Balaban J connectivity index is 1.50. The second-order valence-electron chi connectivity index (χ2n) is 6.81. The molecule has 0 fully saturated rings. The molecular weight excluding hydrogens is 378 g/mol. The minimum Gasteiger partial charge on any atom is -0.459 e. The fraction of sp³-hybridized carbons (Fsp3) is 0.130. The highest BCUT2D eigenvalue weighted by atomic mass is 16.3. The molecule has 7 nitrogen and oxygen atoms in total. The standard InChI is InChI=1S/C23H21N5O2/c1-15-16(2)26-22(19-9-3-4-11-24-19)28-21(15)25-14-17-7-5-8-18(13-17)27-23(29)20-10-6-12-30-20/h3-13H,14H2,1-2H3,(H,27,29)(H,25,26,28). The number of nitrogens with one attached hydrogen (secondary N) is 2. The summed E-state index contributed by atoms with van der Waals surface area (Å²) in [6, 6.07) is 16.6. The van der Waals surface area contributed by atoms with Gasteiger partial charge in [-0.1, -0.05) is 18.2 Å². The van der Waals surface area contributed by atoms with Crippen molar-refractivity contribution in [3.05, 3.63) is 89.6 Å². The maximum Gasteiger partial charge on any atom is 0.291 e. The third-order valence-electron chi connectivity index (χ3n) is 4.67. The number of furan rings is 1. The van der Waals surface area contributed by atoms with E-state index < -0.39 is 0 Å². The molecule has 3 heterocycles. The molecule has 4 rings (SSSR count). The molecule has 2 N–H and O–H groups in total. The number of hydrogen-bond acceptors (Lipinski definition) is 6. The predicted octanol–water partition coefficient (Wildman–Crippen LogP) is 4.61. The van der Waals surface area contributed by atoms with Gasteiger partial charge in [0.15, 0.2) is 11.6 Å². The molecule has 1 aromatic carbocycles. The number of pyridine rings is 1. The van der Waals surface area contributed by atoms with Crippen molar-refractivity contribution in [3.8, 4) is 11.5 Å². The van der Waals surface area contributed by atoms with Crippen molar-refractivity contribution in [1.82, 2.24) is 15.0 Å². The molecule has 0 atom stereocenters. The van der Waals surface area contributed by atoms with Crippen LogP contribution in [-0.2, 0) is 6.54 Å². The minimum atomic E-state index is -0.285. The van der Waals surface area contributed by atoms with Crippen LogP contribution >= 0.6 is 0 Å². The first kappa shape index (κ1) is 19.3. The normalized spacial score (nSPS) is 10.6. The van der Waals surface area contributed by atoms with Crippen LogP contribution in [0, 0.1) is 13.8 Å². The minimum absolute atomic E-state index is 0.271. The second kappa shape index (κ2) is 8.57. The van der Waals surface area contributed by atoms with Gasteiger partial charge in [-0.2, -0.15) is 0 Å². The number of aromatic nitrogens is 3. The first-order chi connectivity index (χ1) is 14.6. The molecule has 0 unspecified atom stereocenters. The van der Waals surface area contributed by atoms with Gasteiger partial charge in [0.1, 0.15) is 11.5 Å². The molecule has 0 saturated carbocycles. The van der Waals surface area contributed by atoms with Crippen LogP contribution in [0.25, 0.3) is 11.5 Å². The number of benzene rings is 1. The monoisotopic (exact) mass is 399 g/mol. The lowest BCUT2D eigenvalue weighted by molar-refractivity contribution is 0.0996. The summed E-state index contributed by atoms with van der Waals surface area (Å²) >= 11 is 0. The first-order valence-electron chi connectivity index (χ1n) is 9.54. The van der Waals surface area contributed by atoms with Gasteiger partial charge in [-0.15, -0.1) is 0 Å². The van der Waals surface area contributed by atoms with E-state index in [9.17, 15) is 4.79 Å². The summed E-state index contributed by atoms with van der Waals surface area (Å²) in [5, 5.41) is 6.22. The van der Waals surface area contributed by atoms with E-state index in [1.165, 1.54) is 6.26 Å². The molecule has 0 radical (unpaired) electrons. The Morgan fingerprint density at radius 3 is 2.70 bits per heavy atom. The topological polar surface area (TPSA) is 92.9 Å². The summed E-state index contributed by atoms with van der Waals surface area (Å²) in [7, 11) is 0. The molecule has 7 heteroatoms. The maximum atomic E-state index is 12.2. The van der Waals surface area contributed by atoms with Crippen LogP contribution in [0.1, 0.15) is 27.4 Å². The highest BCUT2D eigenvalue weighted by molar-refractivity contribution is 6.02. The van der Waals surface area contributed by atoms with Crippen molar-refractivity contribution in [2.24, 2.45) is 0 Å². The third kappa shape index (κ3) is 4.35. The molecule has 0 aliphatic rings. The van der Waals surface area contributed by atoms with E-state index in [-0.39, 0.29) is 11.7 Å². The van der Waals surface area contributed by atoms with Crippen molar-refractivity contribution in [2.45, 2.75) is 20.4 Å². The quantitative estimate of drug-likeness (QED) is 0.492. The van der Waals surface area contributed by atoms with Crippen LogP contribution in [0.15, 0.2) is 71.5 Å². The molecule has 150 valence electrons. The fourth-order valence-electron chi connectivity index (χ4n) is 2.96. The number of carbonyl (C=O) groups is 1. The van der Waals surface area contributed by atoms with E-state index in [0.29, 0.717) is 18.1 Å². The summed E-state index contributed by atoms with van der Waals surface area (Å²) in [6.07, 6.45) is 3.20. The number of amides is 1. The Hall–Kier alpha value is -4.00. The van der Waals surface area contributed by atoms with Crippen molar-refractivity contribution >= 4 is 17.4 Å². The molecule has 0 saturated heterocycles. The maximum absolute atomic E-state index is 12.2. The van der Waals surface area contributed by atoms with E-state index in [2.05, 4.69) is 25.6 Å². The average molecular weight is 399 g/mol. The van der Waals surface area contributed by atoms with Crippen LogP contribution in [-0.4, -0.2) is 20.9 Å². The van der Waals surface area contributed by atoms with Gasteiger partial charge in [0.05, 0.1) is 6.26 Å². The summed E-state index contributed by atoms with van der Waals surface area (Å²) in [5.74, 6) is 1.33. The molecule has 4 aromatic rings. The molecule has 0 spiro atoms. The zero-order valence-electron chi connectivity index (χ0n) is 16.7. The average Bonchev–Trinajstić information content (AvgIpc) is 3.31. The third-order valence-corrected chi connectivity index (χ3v) is 4.67. The van der Waals surface area contributed by atoms with Gasteiger partial charge < -0.3 is 15.1 Å². The molecule has 1 amide bonds. The first-order valence-corrected chi connectivity index (χ1v) is 9.54. The van der Waals surface area contributed by atoms with Crippen molar-refractivity contribution in [3.63, 3.8) is 0 Å². The highest BCUT2D eigenvalue weighted by Crippen LogP contribution is 2.21. The van der Waals surface area contributed by atoms with Crippen LogP contribution in [0.2, 0.25) is 0 Å². The summed E-state index contributed by atoms with van der Waals surface area (Å²) in [6.45, 7) is 4.49. The van der Waals surface area contributed by atoms with Crippen LogP contribution in [0.5, 0.6) is 0 Å². The number of anilines is 2. The lowest BCUT2D eigenvalue weighted by atomic mass is 10.2. The zero-order valence-corrected chi connectivity index (χ0v) is 16.7. The number of nitrogens with zero attached hydrogens (tertiary/aromatic N) is 3. The van der Waals surface area contributed by atoms with E-state index >= 15 is 0 Å². The highest BCUT2D eigenvalue weighted by Gasteiger charge is 2.11. The summed E-state index contributed by atoms with van der Waals surface area (Å²) < 4.78 is 5.13. The van der Waals surface area contributed by atoms with Crippen molar-refractivity contribution < 1.29 is 9.21 Å². The van der Waals surface area contributed by atoms with Gasteiger partial charge in [-0.25, -0.2) is 9.97 Å². The van der Waals surface area contributed by atoms with Crippen LogP contribution in [0.3, 0.4) is 0 Å². The SMILES string of the molecule is Cc1nc(-c2ccccn2)nc(NCc2cccc(NC(=O)c3ccco3)c2)c1C. The van der Waals surface area contributed by atoms with Gasteiger partial charge in [0.2, 0.25) is 0 Å². The van der Waals surface area contributed by atoms with E-state index in [4.69, 9.17) is 4.42 Å². The lowest BCUT2D eigenvalue weighted by Crippen LogP contribution is -2.11. The number of rotatable bonds is 6. The van der Waals surface area contributed by atoms with E-state index in [0.717, 1.165) is 28.3 Å². The Morgan fingerprint density at radius 2 is 1.93 bits per heavy atom. The number of carbonyl (C=O) groups excluding carboxylic acids is 1. The van der Waals surface area contributed by atoms with Gasteiger partial charge in [-0.3, -0.25) is 9.78 Å². The second-order valence-corrected chi connectivity index (χ2v) is 6.81.